The van der Waals surface area contributed by atoms with Gasteiger partial charge in [-0.1, -0.05) is 18.5 Å². The average molecular weight is 511 g/mol. The maximum absolute atomic E-state index is 9.90. The fourth-order valence-corrected chi connectivity index (χ4v) is 5.09. The minimum atomic E-state index is -0.378. The second kappa shape index (κ2) is 10.1. The van der Waals surface area contributed by atoms with Gasteiger partial charge in [0.1, 0.15) is 11.6 Å². The zero-order chi connectivity index (χ0) is 25.3. The summed E-state index contributed by atoms with van der Waals surface area (Å²) in [4.78, 5) is 15.9. The summed E-state index contributed by atoms with van der Waals surface area (Å²) in [7, 11) is 3.40. The van der Waals surface area contributed by atoms with E-state index in [0.29, 0.717) is 35.1 Å². The number of hydrogen-bond acceptors (Lipinski definition) is 9. The lowest BCUT2D eigenvalue weighted by atomic mass is 9.85. The summed E-state index contributed by atoms with van der Waals surface area (Å²) in [6, 6.07) is 7.67. The summed E-state index contributed by atoms with van der Waals surface area (Å²) in [5.74, 6) is 1.87. The van der Waals surface area contributed by atoms with Gasteiger partial charge in [0.05, 0.1) is 41.9 Å². The van der Waals surface area contributed by atoms with Gasteiger partial charge in [-0.3, -0.25) is 0 Å². The summed E-state index contributed by atoms with van der Waals surface area (Å²) < 4.78 is 11.2. The molecule has 190 valence electrons. The van der Waals surface area contributed by atoms with E-state index in [1.807, 2.05) is 31.2 Å². The molecule has 1 aromatic carbocycles. The highest BCUT2D eigenvalue weighted by atomic mass is 35.5. The monoisotopic (exact) mass is 510 g/mol. The topological polar surface area (TPSA) is 105 Å². The maximum atomic E-state index is 9.90. The van der Waals surface area contributed by atoms with Crippen LogP contribution in [0.25, 0.3) is 11.3 Å². The Kier molecular flexibility index (Phi) is 6.87. The van der Waals surface area contributed by atoms with E-state index >= 15 is 0 Å². The highest BCUT2D eigenvalue weighted by Gasteiger charge is 2.35. The van der Waals surface area contributed by atoms with Crippen molar-refractivity contribution in [3.05, 3.63) is 47.2 Å². The number of nitrogens with zero attached hydrogens (tertiary/aromatic N) is 4. The molecule has 2 aromatic heterocycles. The number of halogens is 1. The number of benzene rings is 1. The second-order valence-electron chi connectivity index (χ2n) is 9.51. The van der Waals surface area contributed by atoms with Crippen LogP contribution in [-0.4, -0.2) is 66.6 Å². The summed E-state index contributed by atoms with van der Waals surface area (Å²) in [5, 5.41) is 17.1. The number of methoxy groups -OCH3 is 2. The van der Waals surface area contributed by atoms with Crippen LogP contribution >= 0.6 is 11.6 Å². The first-order chi connectivity index (χ1) is 17.4. The first kappa shape index (κ1) is 24.5. The van der Waals surface area contributed by atoms with Gasteiger partial charge < -0.3 is 30.1 Å². The maximum Gasteiger partial charge on any atom is 0.227 e. The molecule has 0 saturated carbocycles. The smallest absolute Gasteiger partial charge is 0.227 e. The lowest BCUT2D eigenvalue weighted by Gasteiger charge is -2.33. The zero-order valence-electron chi connectivity index (χ0n) is 20.7. The van der Waals surface area contributed by atoms with Crippen LogP contribution in [0.1, 0.15) is 25.3 Å². The molecular weight excluding hydrogens is 480 g/mol. The zero-order valence-corrected chi connectivity index (χ0v) is 21.5. The molecule has 2 aliphatic rings. The number of aliphatic hydroxyl groups excluding tert-OH is 1. The van der Waals surface area contributed by atoms with Gasteiger partial charge in [0.2, 0.25) is 5.95 Å². The van der Waals surface area contributed by atoms with Crippen LogP contribution in [0.15, 0.2) is 36.7 Å². The van der Waals surface area contributed by atoms with Gasteiger partial charge >= 0.3 is 0 Å². The standard InChI is InChI=1S/C26H31ClN6O3/c1-26(15-34)14-30-24-18(26)10-16(13-29-24)20-4-7-28-25(31-20)32-21-11-19(27)22(12-23(21)36-3)33-8-5-17(35-2)6-9-33/h4,7,10-13,17,34H,5-6,8-9,14-15H2,1-3H3,(H,29,30)(H,28,31,32). The van der Waals surface area contributed by atoms with Crippen molar-refractivity contribution in [3.63, 3.8) is 0 Å². The van der Waals surface area contributed by atoms with E-state index in [4.69, 9.17) is 26.1 Å². The van der Waals surface area contributed by atoms with Crippen molar-refractivity contribution in [1.29, 1.82) is 0 Å². The first-order valence-corrected chi connectivity index (χ1v) is 12.4. The van der Waals surface area contributed by atoms with Gasteiger partial charge in [0.15, 0.2) is 0 Å². The lowest BCUT2D eigenvalue weighted by molar-refractivity contribution is 0.0819. The minimum absolute atomic E-state index is 0.0374. The molecule has 1 fully saturated rings. The molecule has 0 bridgehead atoms. The highest BCUT2D eigenvalue weighted by Crippen LogP contribution is 2.39. The molecule has 10 heteroatoms. The van der Waals surface area contributed by atoms with Gasteiger partial charge in [-0.05, 0) is 31.0 Å². The lowest BCUT2D eigenvalue weighted by Crippen LogP contribution is -2.36. The molecule has 1 saturated heterocycles. The predicted octanol–water partition coefficient (Wildman–Crippen LogP) is 4.23. The van der Waals surface area contributed by atoms with Crippen molar-refractivity contribution < 1.29 is 14.6 Å². The summed E-state index contributed by atoms with van der Waals surface area (Å²) in [6.07, 6.45) is 5.69. The van der Waals surface area contributed by atoms with Crippen LogP contribution in [0.5, 0.6) is 5.75 Å². The number of hydrogen-bond donors (Lipinski definition) is 3. The number of aromatic nitrogens is 3. The summed E-state index contributed by atoms with van der Waals surface area (Å²) in [5.41, 5.74) is 3.79. The van der Waals surface area contributed by atoms with E-state index in [1.54, 1.807) is 26.6 Å². The molecule has 2 aliphatic heterocycles. The first-order valence-electron chi connectivity index (χ1n) is 12.0. The van der Waals surface area contributed by atoms with Crippen molar-refractivity contribution in [2.24, 2.45) is 0 Å². The van der Waals surface area contributed by atoms with Crippen molar-refractivity contribution in [2.45, 2.75) is 31.3 Å². The number of rotatable bonds is 7. The number of piperidine rings is 1. The third-order valence-corrected chi connectivity index (χ3v) is 7.42. The van der Waals surface area contributed by atoms with E-state index < -0.39 is 0 Å². The van der Waals surface area contributed by atoms with Crippen molar-refractivity contribution in [3.8, 4) is 17.0 Å². The van der Waals surface area contributed by atoms with Crippen LogP contribution in [0.4, 0.5) is 23.1 Å². The Morgan fingerprint density at radius 1 is 1.22 bits per heavy atom. The van der Waals surface area contributed by atoms with Gasteiger partial charge in [0, 0.05) is 61.7 Å². The van der Waals surface area contributed by atoms with Gasteiger partial charge in [0.25, 0.3) is 0 Å². The molecule has 1 atom stereocenters. The molecular formula is C26H31ClN6O3. The Morgan fingerprint density at radius 2 is 2.03 bits per heavy atom. The Labute approximate surface area is 215 Å². The SMILES string of the molecule is COc1cc(N2CCC(OC)CC2)c(Cl)cc1Nc1nccc(-c2cnc3c(c2)C(C)(CO)CN3)n1. The fourth-order valence-electron chi connectivity index (χ4n) is 4.81. The van der Waals surface area contributed by atoms with Crippen LogP contribution in [0.3, 0.4) is 0 Å². The molecule has 3 aromatic rings. The van der Waals surface area contributed by atoms with E-state index in [1.165, 1.54) is 0 Å². The molecule has 0 radical (unpaired) electrons. The molecule has 0 amide bonds. The van der Waals surface area contributed by atoms with E-state index in [9.17, 15) is 5.11 Å². The van der Waals surface area contributed by atoms with Crippen LogP contribution in [-0.2, 0) is 10.2 Å². The molecule has 36 heavy (non-hydrogen) atoms. The Morgan fingerprint density at radius 3 is 2.75 bits per heavy atom. The Hall–Kier alpha value is -3.14. The normalized spacial score (nSPS) is 19.6. The number of anilines is 4. The number of nitrogens with one attached hydrogen (secondary N) is 2. The van der Waals surface area contributed by atoms with Crippen LogP contribution < -0.4 is 20.3 Å². The summed E-state index contributed by atoms with van der Waals surface area (Å²) >= 11 is 6.71. The van der Waals surface area contributed by atoms with E-state index in [2.05, 4.69) is 25.5 Å². The minimum Gasteiger partial charge on any atom is -0.494 e. The Bertz CT molecular complexity index is 1250. The number of fused-ring (bicyclic) bond motifs is 1. The number of pyridine rings is 1. The van der Waals surface area contributed by atoms with E-state index in [-0.39, 0.29) is 12.0 Å². The predicted molar refractivity (Wildman–Crippen MR) is 142 cm³/mol. The molecule has 9 nitrogen and oxygen atoms in total. The number of ether oxygens (including phenoxy) is 2. The van der Waals surface area contributed by atoms with Crippen LogP contribution in [0.2, 0.25) is 5.02 Å². The van der Waals surface area contributed by atoms with Gasteiger partial charge in [-0.2, -0.15) is 0 Å². The fraction of sp³-hybridized carbons (Fsp3) is 0.423. The van der Waals surface area contributed by atoms with Crippen molar-refractivity contribution in [1.82, 2.24) is 15.0 Å². The Balaban J connectivity index is 1.39. The molecule has 0 spiro atoms. The molecule has 5 rings (SSSR count). The molecule has 1 unspecified atom stereocenters. The quantitative estimate of drug-likeness (QED) is 0.430. The summed E-state index contributed by atoms with van der Waals surface area (Å²) in [6.45, 7) is 4.45. The van der Waals surface area contributed by atoms with E-state index in [0.717, 1.165) is 54.3 Å². The number of aliphatic hydroxyl groups is 1. The third kappa shape index (κ3) is 4.66. The van der Waals surface area contributed by atoms with Gasteiger partial charge in [-0.25, -0.2) is 15.0 Å². The highest BCUT2D eigenvalue weighted by molar-refractivity contribution is 6.33. The second-order valence-corrected chi connectivity index (χ2v) is 9.92. The molecule has 3 N–H and O–H groups in total. The molecule has 0 aliphatic carbocycles. The third-order valence-electron chi connectivity index (χ3n) is 7.12. The molecule has 4 heterocycles. The average Bonchev–Trinajstić information content (AvgIpc) is 3.25. The largest absolute Gasteiger partial charge is 0.494 e. The van der Waals surface area contributed by atoms with Crippen LogP contribution in [0, 0.1) is 0 Å². The van der Waals surface area contributed by atoms with Crippen molar-refractivity contribution in [2.75, 3.05) is 56.0 Å². The van der Waals surface area contributed by atoms with Gasteiger partial charge in [-0.15, -0.1) is 0 Å². The van der Waals surface area contributed by atoms with Crippen molar-refractivity contribution >= 4 is 34.7 Å².